The highest BCUT2D eigenvalue weighted by molar-refractivity contribution is 5.79. The van der Waals surface area contributed by atoms with Crippen LogP contribution in [0.1, 0.15) is 6.42 Å². The molecule has 1 aromatic carbocycles. The number of aromatic nitrogens is 1. The standard InChI is InChI=1S/C15H21N3O/c1-18-8-6-12(11-18)14-10-13(4-5-15(14)16)17-7-3-9-19-2/h4-6,8,10-11,17H,3,7,9,16H2,1-2H3. The molecule has 4 heteroatoms. The molecule has 0 amide bonds. The highest BCUT2D eigenvalue weighted by Crippen LogP contribution is 2.28. The van der Waals surface area contributed by atoms with Crippen molar-refractivity contribution in [2.75, 3.05) is 31.3 Å². The Balaban J connectivity index is 2.11. The van der Waals surface area contributed by atoms with Gasteiger partial charge in [0.05, 0.1) is 0 Å². The van der Waals surface area contributed by atoms with Crippen LogP contribution in [0.15, 0.2) is 36.7 Å². The molecule has 2 rings (SSSR count). The van der Waals surface area contributed by atoms with Crippen molar-refractivity contribution in [3.63, 3.8) is 0 Å². The summed E-state index contributed by atoms with van der Waals surface area (Å²) >= 11 is 0. The maximum Gasteiger partial charge on any atom is 0.0479 e. The van der Waals surface area contributed by atoms with Crippen LogP contribution >= 0.6 is 0 Å². The minimum absolute atomic E-state index is 0.771. The normalized spacial score (nSPS) is 10.6. The van der Waals surface area contributed by atoms with E-state index in [1.54, 1.807) is 7.11 Å². The lowest BCUT2D eigenvalue weighted by atomic mass is 10.1. The van der Waals surface area contributed by atoms with Crippen LogP contribution in [0.25, 0.3) is 11.1 Å². The van der Waals surface area contributed by atoms with E-state index in [0.29, 0.717) is 0 Å². The number of aryl methyl sites for hydroxylation is 1. The number of ether oxygens (including phenoxy) is 1. The number of nitrogens with one attached hydrogen (secondary N) is 1. The van der Waals surface area contributed by atoms with E-state index in [9.17, 15) is 0 Å². The predicted octanol–water partition coefficient (Wildman–Crippen LogP) is 2.72. The van der Waals surface area contributed by atoms with E-state index >= 15 is 0 Å². The van der Waals surface area contributed by atoms with E-state index in [1.807, 2.05) is 29.9 Å². The predicted molar refractivity (Wildman–Crippen MR) is 80.2 cm³/mol. The molecule has 102 valence electrons. The third-order valence-electron chi connectivity index (χ3n) is 3.05. The Hall–Kier alpha value is -1.94. The molecule has 3 N–H and O–H groups in total. The van der Waals surface area contributed by atoms with Gasteiger partial charge < -0.3 is 20.4 Å². The Morgan fingerprint density at radius 1 is 1.32 bits per heavy atom. The number of methoxy groups -OCH3 is 1. The maximum atomic E-state index is 6.05. The first-order valence-electron chi connectivity index (χ1n) is 6.45. The molecule has 0 fully saturated rings. The second-order valence-electron chi connectivity index (χ2n) is 4.64. The highest BCUT2D eigenvalue weighted by Gasteiger charge is 2.05. The Bertz CT molecular complexity index is 534. The lowest BCUT2D eigenvalue weighted by Crippen LogP contribution is -2.05. The first kappa shape index (κ1) is 13.5. The Morgan fingerprint density at radius 2 is 2.16 bits per heavy atom. The molecule has 0 atom stereocenters. The molecule has 0 aliphatic carbocycles. The molecule has 4 nitrogen and oxygen atoms in total. The minimum Gasteiger partial charge on any atom is -0.398 e. The molecule has 1 heterocycles. The third-order valence-corrected chi connectivity index (χ3v) is 3.05. The Kier molecular flexibility index (Phi) is 4.47. The van der Waals surface area contributed by atoms with Gasteiger partial charge in [-0.15, -0.1) is 0 Å². The van der Waals surface area contributed by atoms with Crippen molar-refractivity contribution in [3.8, 4) is 11.1 Å². The summed E-state index contributed by atoms with van der Waals surface area (Å²) in [6.45, 7) is 1.67. The van der Waals surface area contributed by atoms with E-state index in [4.69, 9.17) is 10.5 Å². The van der Waals surface area contributed by atoms with Crippen molar-refractivity contribution in [2.45, 2.75) is 6.42 Å². The zero-order chi connectivity index (χ0) is 13.7. The summed E-state index contributed by atoms with van der Waals surface area (Å²) in [7, 11) is 3.73. The molecule has 0 aliphatic heterocycles. The number of nitrogens with zero attached hydrogens (tertiary/aromatic N) is 1. The third kappa shape index (κ3) is 3.51. The van der Waals surface area contributed by atoms with E-state index in [1.165, 1.54) is 0 Å². The van der Waals surface area contributed by atoms with Crippen molar-refractivity contribution in [2.24, 2.45) is 7.05 Å². The quantitative estimate of drug-likeness (QED) is 0.619. The number of hydrogen-bond acceptors (Lipinski definition) is 3. The Morgan fingerprint density at radius 3 is 2.84 bits per heavy atom. The monoisotopic (exact) mass is 259 g/mol. The molecule has 0 saturated heterocycles. The van der Waals surface area contributed by atoms with Gasteiger partial charge in [0, 0.05) is 62.2 Å². The number of anilines is 2. The van der Waals surface area contributed by atoms with Crippen molar-refractivity contribution in [1.82, 2.24) is 4.57 Å². The summed E-state index contributed by atoms with van der Waals surface area (Å²) in [6.07, 6.45) is 5.08. The fraction of sp³-hybridized carbons (Fsp3) is 0.333. The molecule has 0 spiro atoms. The first-order valence-corrected chi connectivity index (χ1v) is 6.45. The first-order chi connectivity index (χ1) is 9.20. The van der Waals surface area contributed by atoms with Crippen molar-refractivity contribution in [3.05, 3.63) is 36.7 Å². The summed E-state index contributed by atoms with van der Waals surface area (Å²) in [6, 6.07) is 8.12. The smallest absolute Gasteiger partial charge is 0.0479 e. The van der Waals surface area contributed by atoms with Crippen LogP contribution in [0.3, 0.4) is 0 Å². The summed E-state index contributed by atoms with van der Waals surface area (Å²) in [4.78, 5) is 0. The highest BCUT2D eigenvalue weighted by atomic mass is 16.5. The van der Waals surface area contributed by atoms with Crippen LogP contribution in [-0.4, -0.2) is 24.8 Å². The van der Waals surface area contributed by atoms with Crippen LogP contribution in [-0.2, 0) is 11.8 Å². The zero-order valence-corrected chi connectivity index (χ0v) is 11.5. The lowest BCUT2D eigenvalue weighted by Gasteiger charge is -2.10. The van der Waals surface area contributed by atoms with Crippen molar-refractivity contribution in [1.29, 1.82) is 0 Å². The molecule has 2 aromatic rings. The lowest BCUT2D eigenvalue weighted by molar-refractivity contribution is 0.198. The summed E-state index contributed by atoms with van der Waals surface area (Å²) in [5.74, 6) is 0. The number of rotatable bonds is 6. The van der Waals surface area contributed by atoms with Crippen molar-refractivity contribution >= 4 is 11.4 Å². The van der Waals surface area contributed by atoms with Gasteiger partial charge in [0.25, 0.3) is 0 Å². The van der Waals surface area contributed by atoms with E-state index in [0.717, 1.165) is 42.1 Å². The summed E-state index contributed by atoms with van der Waals surface area (Å²) in [5.41, 5.74) is 10.1. The van der Waals surface area contributed by atoms with Gasteiger partial charge in [0.2, 0.25) is 0 Å². The second kappa shape index (κ2) is 6.29. The van der Waals surface area contributed by atoms with Gasteiger partial charge in [-0.05, 0) is 30.7 Å². The average Bonchev–Trinajstić information content (AvgIpc) is 2.83. The zero-order valence-electron chi connectivity index (χ0n) is 11.5. The molecule has 1 aromatic heterocycles. The van der Waals surface area contributed by atoms with Crippen LogP contribution in [0.5, 0.6) is 0 Å². The topological polar surface area (TPSA) is 52.2 Å². The number of nitrogen functional groups attached to an aromatic ring is 1. The fourth-order valence-electron chi connectivity index (χ4n) is 2.03. The second-order valence-corrected chi connectivity index (χ2v) is 4.64. The summed E-state index contributed by atoms with van der Waals surface area (Å²) < 4.78 is 7.05. The van der Waals surface area contributed by atoms with Gasteiger partial charge in [-0.1, -0.05) is 0 Å². The van der Waals surface area contributed by atoms with Crippen LogP contribution < -0.4 is 11.1 Å². The number of benzene rings is 1. The largest absolute Gasteiger partial charge is 0.398 e. The van der Waals surface area contributed by atoms with Gasteiger partial charge in [-0.25, -0.2) is 0 Å². The molecular formula is C15H21N3O. The molecular weight excluding hydrogens is 238 g/mol. The van der Waals surface area contributed by atoms with E-state index in [-0.39, 0.29) is 0 Å². The average molecular weight is 259 g/mol. The minimum atomic E-state index is 0.771. The van der Waals surface area contributed by atoms with Crippen molar-refractivity contribution < 1.29 is 4.74 Å². The molecule has 0 bridgehead atoms. The molecule has 0 saturated carbocycles. The Labute approximate surface area is 114 Å². The summed E-state index contributed by atoms with van der Waals surface area (Å²) in [5, 5.41) is 3.38. The van der Waals surface area contributed by atoms with Gasteiger partial charge >= 0.3 is 0 Å². The number of nitrogens with two attached hydrogens (primary N) is 1. The fourth-order valence-corrected chi connectivity index (χ4v) is 2.03. The molecule has 0 radical (unpaired) electrons. The van der Waals surface area contributed by atoms with Crippen LogP contribution in [0.4, 0.5) is 11.4 Å². The van der Waals surface area contributed by atoms with E-state index in [2.05, 4.69) is 23.6 Å². The van der Waals surface area contributed by atoms with Gasteiger partial charge in [0.1, 0.15) is 0 Å². The maximum absolute atomic E-state index is 6.05. The molecule has 0 aliphatic rings. The van der Waals surface area contributed by atoms with Gasteiger partial charge in [-0.3, -0.25) is 0 Å². The molecule has 19 heavy (non-hydrogen) atoms. The van der Waals surface area contributed by atoms with E-state index < -0.39 is 0 Å². The molecule has 0 unspecified atom stereocenters. The van der Waals surface area contributed by atoms with Crippen LogP contribution in [0.2, 0.25) is 0 Å². The van der Waals surface area contributed by atoms with Gasteiger partial charge in [-0.2, -0.15) is 0 Å². The SMILES string of the molecule is COCCCNc1ccc(N)c(-c2ccn(C)c2)c1. The number of hydrogen-bond donors (Lipinski definition) is 2. The van der Waals surface area contributed by atoms with Gasteiger partial charge in [0.15, 0.2) is 0 Å². The van der Waals surface area contributed by atoms with Crippen LogP contribution in [0, 0.1) is 0 Å².